The quantitative estimate of drug-likeness (QED) is 0.0202. The van der Waals surface area contributed by atoms with E-state index in [0.717, 1.165) is 51.4 Å². The van der Waals surface area contributed by atoms with E-state index in [2.05, 4.69) is 42.3 Å². The van der Waals surface area contributed by atoms with E-state index < -0.39 is 59.8 Å². The molecule has 0 aliphatic carbocycles. The number of aliphatic hydroxyl groups excluding tert-OH is 3. The molecule has 1 rings (SSSR count). The third-order valence-corrected chi connectivity index (χ3v) is 10.5. The molecule has 56 heavy (non-hydrogen) atoms. The molecule has 0 bridgehead atoms. The van der Waals surface area contributed by atoms with Crippen molar-refractivity contribution >= 4 is 16.4 Å². The van der Waals surface area contributed by atoms with Crippen molar-refractivity contribution in [3.63, 3.8) is 0 Å². The summed E-state index contributed by atoms with van der Waals surface area (Å²) >= 11 is 0. The number of aliphatic hydroxyl groups is 3. The number of carbonyl (C=O) groups excluding carboxylic acids is 1. The highest BCUT2D eigenvalue weighted by atomic mass is 32.3. The highest BCUT2D eigenvalue weighted by Crippen LogP contribution is 2.26. The van der Waals surface area contributed by atoms with Gasteiger partial charge in [0.25, 0.3) is 0 Å². The van der Waals surface area contributed by atoms with Crippen molar-refractivity contribution in [3.05, 3.63) is 24.3 Å². The molecular formula is C43H80O12S. The Bertz CT molecular complexity index is 1080. The van der Waals surface area contributed by atoms with Gasteiger partial charge in [-0.25, -0.2) is 4.18 Å². The number of esters is 1. The summed E-state index contributed by atoms with van der Waals surface area (Å²) in [5.74, 6) is -0.404. The fourth-order valence-electron chi connectivity index (χ4n) is 6.70. The second-order valence-corrected chi connectivity index (χ2v) is 16.3. The van der Waals surface area contributed by atoms with Gasteiger partial charge in [0.1, 0.15) is 30.5 Å². The number of ether oxygens (including phenoxy) is 4. The number of unbranched alkanes of at least 4 members (excludes halogenated alkanes) is 21. The van der Waals surface area contributed by atoms with Crippen molar-refractivity contribution in [3.8, 4) is 0 Å². The predicted octanol–water partition coefficient (Wildman–Crippen LogP) is 8.85. The Kier molecular flexibility index (Phi) is 33.4. The molecule has 6 atom stereocenters. The number of hydrogen-bond donors (Lipinski definition) is 4. The van der Waals surface area contributed by atoms with E-state index in [1.165, 1.54) is 103 Å². The maximum atomic E-state index is 12.8. The molecule has 0 spiro atoms. The van der Waals surface area contributed by atoms with Gasteiger partial charge in [-0.2, -0.15) is 8.42 Å². The van der Waals surface area contributed by atoms with Gasteiger partial charge in [0.2, 0.25) is 0 Å². The lowest BCUT2D eigenvalue weighted by Crippen LogP contribution is -2.60. The van der Waals surface area contributed by atoms with Crippen molar-refractivity contribution in [1.82, 2.24) is 0 Å². The van der Waals surface area contributed by atoms with E-state index >= 15 is 0 Å². The predicted molar refractivity (Wildman–Crippen MR) is 221 cm³/mol. The van der Waals surface area contributed by atoms with Crippen LogP contribution in [0.5, 0.6) is 0 Å². The van der Waals surface area contributed by atoms with Gasteiger partial charge >= 0.3 is 16.4 Å². The van der Waals surface area contributed by atoms with Crippen LogP contribution >= 0.6 is 0 Å². The Morgan fingerprint density at radius 2 is 1.18 bits per heavy atom. The number of hydrogen-bond acceptors (Lipinski definition) is 11. The van der Waals surface area contributed by atoms with Crippen molar-refractivity contribution in [2.75, 3.05) is 26.4 Å². The molecule has 330 valence electrons. The second kappa shape index (κ2) is 35.5. The molecule has 0 amide bonds. The van der Waals surface area contributed by atoms with Crippen LogP contribution in [0.1, 0.15) is 181 Å². The zero-order valence-electron chi connectivity index (χ0n) is 34.9. The first-order valence-corrected chi connectivity index (χ1v) is 23.5. The number of carbonyl (C=O) groups is 1. The monoisotopic (exact) mass is 821 g/mol. The van der Waals surface area contributed by atoms with Gasteiger partial charge in [-0.05, 0) is 44.9 Å². The standard InChI is InChI=1S/C43H80O12S/c1-3-5-7-9-11-13-14-15-16-17-18-19-20-21-22-23-24-25-26-28-30-32-39(45)53-37(35-51-33-31-29-27-12-10-8-6-4-2)36-52-43-41(47)42(55-56(48,49)50)40(46)38(34-44)54-43/h14-15,17-18,37-38,40-44,46-47H,3-13,16,19-36H2,1-2H3,(H,48,49,50)/b15-14-,18-17-. The highest BCUT2D eigenvalue weighted by molar-refractivity contribution is 7.80. The van der Waals surface area contributed by atoms with Crippen molar-refractivity contribution in [1.29, 1.82) is 0 Å². The zero-order valence-corrected chi connectivity index (χ0v) is 35.8. The molecule has 13 heteroatoms. The summed E-state index contributed by atoms with van der Waals surface area (Å²) in [4.78, 5) is 12.8. The minimum absolute atomic E-state index is 0.0367. The molecule has 1 aliphatic heterocycles. The smallest absolute Gasteiger partial charge is 0.397 e. The van der Waals surface area contributed by atoms with Crippen LogP contribution in [0.4, 0.5) is 0 Å². The Hall–Kier alpha value is -1.42. The summed E-state index contributed by atoms with van der Waals surface area (Å²) in [7, 11) is -5.06. The van der Waals surface area contributed by atoms with Gasteiger partial charge in [0.15, 0.2) is 6.29 Å². The molecule has 1 saturated heterocycles. The third kappa shape index (κ3) is 28.9. The minimum atomic E-state index is -5.06. The summed E-state index contributed by atoms with van der Waals surface area (Å²) in [5.41, 5.74) is 0. The summed E-state index contributed by atoms with van der Waals surface area (Å²) in [6.45, 7) is 3.95. The van der Waals surface area contributed by atoms with Gasteiger partial charge in [0.05, 0.1) is 19.8 Å². The first-order valence-electron chi connectivity index (χ1n) is 22.1. The van der Waals surface area contributed by atoms with Crippen LogP contribution < -0.4 is 0 Å². The first kappa shape index (κ1) is 52.6. The number of allylic oxidation sites excluding steroid dienone is 4. The average Bonchev–Trinajstić information content (AvgIpc) is 3.17. The van der Waals surface area contributed by atoms with Crippen molar-refractivity contribution in [2.24, 2.45) is 0 Å². The first-order chi connectivity index (χ1) is 27.1. The van der Waals surface area contributed by atoms with Crippen LogP contribution in [0.3, 0.4) is 0 Å². The molecule has 6 unspecified atom stereocenters. The van der Waals surface area contributed by atoms with Crippen LogP contribution in [0, 0.1) is 0 Å². The Morgan fingerprint density at radius 3 is 1.70 bits per heavy atom. The molecule has 0 aromatic rings. The summed E-state index contributed by atoms with van der Waals surface area (Å²) < 4.78 is 58.8. The SMILES string of the molecule is CCCCCCC/C=C\C/C=C\CCCCCCCCCCCC(=O)OC(COCCCCCCCCCC)COC1OC(CO)C(O)C(OS(=O)(=O)O)C1O. The molecule has 1 aliphatic rings. The summed E-state index contributed by atoms with van der Waals surface area (Å²) in [6.07, 6.45) is 29.4. The van der Waals surface area contributed by atoms with Gasteiger partial charge in [0, 0.05) is 13.0 Å². The van der Waals surface area contributed by atoms with E-state index in [4.69, 9.17) is 23.5 Å². The van der Waals surface area contributed by atoms with E-state index in [0.29, 0.717) is 13.0 Å². The van der Waals surface area contributed by atoms with Gasteiger partial charge < -0.3 is 34.3 Å². The van der Waals surface area contributed by atoms with Crippen LogP contribution in [-0.4, -0.2) is 97.5 Å². The van der Waals surface area contributed by atoms with Crippen LogP contribution in [0.25, 0.3) is 0 Å². The Labute approximate surface area is 340 Å². The molecule has 0 aromatic carbocycles. The normalized spacial score (nSPS) is 21.0. The summed E-state index contributed by atoms with van der Waals surface area (Å²) in [6, 6.07) is 0. The third-order valence-electron chi connectivity index (χ3n) is 10.1. The molecule has 1 fully saturated rings. The van der Waals surface area contributed by atoms with Crippen molar-refractivity contribution in [2.45, 2.75) is 218 Å². The van der Waals surface area contributed by atoms with Gasteiger partial charge in [-0.15, -0.1) is 0 Å². The highest BCUT2D eigenvalue weighted by Gasteiger charge is 2.48. The average molecular weight is 821 g/mol. The maximum absolute atomic E-state index is 12.8. The maximum Gasteiger partial charge on any atom is 0.397 e. The topological polar surface area (TPSA) is 178 Å². The lowest BCUT2D eigenvalue weighted by atomic mass is 9.99. The second-order valence-electron chi connectivity index (χ2n) is 15.3. The Morgan fingerprint density at radius 1 is 0.679 bits per heavy atom. The largest absolute Gasteiger partial charge is 0.457 e. The van der Waals surface area contributed by atoms with Crippen molar-refractivity contribution < 1.29 is 56.2 Å². The Balaban J connectivity index is 2.36. The van der Waals surface area contributed by atoms with E-state index in [-0.39, 0.29) is 19.6 Å². The number of rotatable bonds is 38. The molecule has 0 saturated carbocycles. The summed E-state index contributed by atoms with van der Waals surface area (Å²) in [5, 5.41) is 30.6. The molecule has 0 aromatic heterocycles. The van der Waals surface area contributed by atoms with Gasteiger partial charge in [-0.1, -0.05) is 154 Å². The van der Waals surface area contributed by atoms with Crippen LogP contribution in [0.2, 0.25) is 0 Å². The molecule has 0 radical (unpaired) electrons. The lowest BCUT2D eigenvalue weighted by Gasteiger charge is -2.41. The van der Waals surface area contributed by atoms with E-state index in [9.17, 15) is 28.5 Å². The lowest BCUT2D eigenvalue weighted by molar-refractivity contribution is -0.301. The van der Waals surface area contributed by atoms with E-state index in [1.54, 1.807) is 0 Å². The minimum Gasteiger partial charge on any atom is -0.457 e. The fourth-order valence-corrected chi connectivity index (χ4v) is 7.21. The van der Waals surface area contributed by atoms with Crippen LogP contribution in [-0.2, 0) is 38.3 Å². The molecule has 12 nitrogen and oxygen atoms in total. The fraction of sp³-hybridized carbons (Fsp3) is 0.884. The van der Waals surface area contributed by atoms with Crippen LogP contribution in [0.15, 0.2) is 24.3 Å². The molecule has 4 N–H and O–H groups in total. The molecular weight excluding hydrogens is 741 g/mol. The zero-order chi connectivity index (χ0) is 41.1. The van der Waals surface area contributed by atoms with Gasteiger partial charge in [-0.3, -0.25) is 9.35 Å². The molecule has 1 heterocycles. The van der Waals surface area contributed by atoms with E-state index in [1.807, 2.05) is 0 Å².